The largest absolute Gasteiger partial charge is 0.497 e. The van der Waals surface area contributed by atoms with E-state index in [0.29, 0.717) is 45.0 Å². The Morgan fingerprint density at radius 1 is 1.16 bits per heavy atom. The maximum Gasteiger partial charge on any atom is 0.251 e. The van der Waals surface area contributed by atoms with Gasteiger partial charge in [0, 0.05) is 35.5 Å². The van der Waals surface area contributed by atoms with E-state index in [2.05, 4.69) is 20.3 Å². The Labute approximate surface area is 177 Å². The number of methoxy groups -OCH3 is 1. The van der Waals surface area contributed by atoms with E-state index >= 15 is 0 Å². The molecule has 0 saturated heterocycles. The van der Waals surface area contributed by atoms with Gasteiger partial charge in [-0.1, -0.05) is 6.07 Å². The Kier molecular flexibility index (Phi) is 5.70. The minimum atomic E-state index is -0.469. The van der Waals surface area contributed by atoms with E-state index in [1.165, 1.54) is 18.6 Å². The van der Waals surface area contributed by atoms with Gasteiger partial charge in [0.1, 0.15) is 23.6 Å². The normalized spacial score (nSPS) is 10.7. The molecule has 0 aliphatic rings. The number of hydrogen-bond donors (Lipinski definition) is 1. The van der Waals surface area contributed by atoms with Gasteiger partial charge in [0.05, 0.1) is 24.2 Å². The molecule has 0 bridgehead atoms. The van der Waals surface area contributed by atoms with E-state index < -0.39 is 5.82 Å². The summed E-state index contributed by atoms with van der Waals surface area (Å²) in [5.41, 5.74) is 2.09. The summed E-state index contributed by atoms with van der Waals surface area (Å²) in [6.07, 6.45) is 4.00. The Morgan fingerprint density at radius 3 is 2.84 bits per heavy atom. The number of hydrogen-bond acceptors (Lipinski definition) is 6. The van der Waals surface area contributed by atoms with Gasteiger partial charge >= 0.3 is 0 Å². The summed E-state index contributed by atoms with van der Waals surface area (Å²) in [6.45, 7) is 1.83. The van der Waals surface area contributed by atoms with Crippen molar-refractivity contribution in [2.75, 3.05) is 7.11 Å². The van der Waals surface area contributed by atoms with E-state index in [-0.39, 0.29) is 12.5 Å². The summed E-state index contributed by atoms with van der Waals surface area (Å²) < 4.78 is 25.0. The average molecular weight is 418 g/mol. The fourth-order valence-electron chi connectivity index (χ4n) is 3.11. The number of nitrogens with zero attached hydrogens (tertiary/aromatic N) is 3. The summed E-state index contributed by atoms with van der Waals surface area (Å²) in [5, 5.41) is 3.44. The van der Waals surface area contributed by atoms with Crippen molar-refractivity contribution in [3.8, 4) is 17.4 Å². The fraction of sp³-hybridized carbons (Fsp3) is 0.130. The standard InChI is InChI=1S/C23H19FN4O3/c1-14-17(22(29)26-11-15-8-9-25-12-19(15)24)4-3-5-21(14)31-23-18-7-6-16(30-2)10-20(18)27-13-28-23/h3-10,12-13H,11H2,1-2H3,(H,26,29). The van der Waals surface area contributed by atoms with Crippen molar-refractivity contribution in [3.05, 3.63) is 83.7 Å². The second-order valence-electron chi connectivity index (χ2n) is 6.74. The van der Waals surface area contributed by atoms with Gasteiger partial charge in [0.2, 0.25) is 5.88 Å². The molecule has 156 valence electrons. The molecule has 0 atom stereocenters. The van der Waals surface area contributed by atoms with Gasteiger partial charge in [-0.25, -0.2) is 14.4 Å². The number of carbonyl (C=O) groups is 1. The first kappa shape index (κ1) is 20.2. The van der Waals surface area contributed by atoms with Crippen LogP contribution in [0.5, 0.6) is 17.4 Å². The van der Waals surface area contributed by atoms with E-state index in [1.54, 1.807) is 44.4 Å². The molecule has 2 aromatic heterocycles. The maximum atomic E-state index is 13.7. The van der Waals surface area contributed by atoms with Crippen LogP contribution in [0.15, 0.2) is 61.2 Å². The van der Waals surface area contributed by atoms with Crippen LogP contribution in [0.1, 0.15) is 21.5 Å². The minimum absolute atomic E-state index is 0.0517. The Bertz CT molecular complexity index is 1260. The monoisotopic (exact) mass is 418 g/mol. The molecular weight excluding hydrogens is 399 g/mol. The summed E-state index contributed by atoms with van der Waals surface area (Å²) in [4.78, 5) is 24.9. The van der Waals surface area contributed by atoms with Gasteiger partial charge in [-0.3, -0.25) is 9.78 Å². The molecule has 0 saturated carbocycles. The highest BCUT2D eigenvalue weighted by Gasteiger charge is 2.15. The summed E-state index contributed by atoms with van der Waals surface area (Å²) >= 11 is 0. The van der Waals surface area contributed by atoms with Gasteiger partial charge in [-0.05, 0) is 37.3 Å². The third-order valence-corrected chi connectivity index (χ3v) is 4.84. The summed E-state index contributed by atoms with van der Waals surface area (Å²) in [6, 6.07) is 12.1. The molecule has 0 unspecified atom stereocenters. The molecule has 2 aromatic carbocycles. The zero-order valence-corrected chi connectivity index (χ0v) is 16.9. The smallest absolute Gasteiger partial charge is 0.251 e. The number of nitrogens with one attached hydrogen (secondary N) is 1. The van der Waals surface area contributed by atoms with Crippen LogP contribution in [-0.4, -0.2) is 28.0 Å². The van der Waals surface area contributed by atoms with Crippen LogP contribution in [0.25, 0.3) is 10.9 Å². The van der Waals surface area contributed by atoms with Crippen LogP contribution in [0.3, 0.4) is 0 Å². The third-order valence-electron chi connectivity index (χ3n) is 4.84. The third kappa shape index (κ3) is 4.28. The lowest BCUT2D eigenvalue weighted by Crippen LogP contribution is -2.24. The van der Waals surface area contributed by atoms with E-state index in [0.717, 1.165) is 6.20 Å². The van der Waals surface area contributed by atoms with Crippen molar-refractivity contribution >= 4 is 16.8 Å². The molecule has 0 fully saturated rings. The quantitative estimate of drug-likeness (QED) is 0.505. The van der Waals surface area contributed by atoms with Crippen LogP contribution in [0.2, 0.25) is 0 Å². The number of fused-ring (bicyclic) bond motifs is 1. The maximum absolute atomic E-state index is 13.7. The zero-order chi connectivity index (χ0) is 21.8. The minimum Gasteiger partial charge on any atom is -0.497 e. The van der Waals surface area contributed by atoms with Gasteiger partial charge in [0.25, 0.3) is 5.91 Å². The lowest BCUT2D eigenvalue weighted by atomic mass is 10.1. The number of rotatable bonds is 6. The average Bonchev–Trinajstić information content (AvgIpc) is 2.79. The number of amides is 1. The highest BCUT2D eigenvalue weighted by Crippen LogP contribution is 2.31. The number of carbonyl (C=O) groups excluding carboxylic acids is 1. The van der Waals surface area contributed by atoms with Crippen molar-refractivity contribution in [2.24, 2.45) is 0 Å². The molecule has 0 spiro atoms. The van der Waals surface area contributed by atoms with Crippen LogP contribution < -0.4 is 14.8 Å². The molecule has 8 heteroatoms. The molecule has 4 aromatic rings. The first-order valence-corrected chi connectivity index (χ1v) is 9.49. The molecule has 1 N–H and O–H groups in total. The second kappa shape index (κ2) is 8.74. The molecule has 4 rings (SSSR count). The van der Waals surface area contributed by atoms with Crippen molar-refractivity contribution in [3.63, 3.8) is 0 Å². The van der Waals surface area contributed by atoms with Crippen molar-refractivity contribution < 1.29 is 18.7 Å². The number of pyridine rings is 1. The predicted molar refractivity (Wildman–Crippen MR) is 113 cm³/mol. The lowest BCUT2D eigenvalue weighted by Gasteiger charge is -2.13. The van der Waals surface area contributed by atoms with E-state index in [9.17, 15) is 9.18 Å². The van der Waals surface area contributed by atoms with Crippen LogP contribution in [-0.2, 0) is 6.54 Å². The predicted octanol–water partition coefficient (Wildman–Crippen LogP) is 4.20. The number of aromatic nitrogens is 3. The van der Waals surface area contributed by atoms with Gasteiger partial charge in [-0.2, -0.15) is 0 Å². The molecule has 7 nitrogen and oxygen atoms in total. The van der Waals surface area contributed by atoms with Crippen LogP contribution in [0, 0.1) is 12.7 Å². The lowest BCUT2D eigenvalue weighted by molar-refractivity contribution is 0.0949. The Hall–Kier alpha value is -4.07. The number of benzene rings is 2. The second-order valence-corrected chi connectivity index (χ2v) is 6.74. The van der Waals surface area contributed by atoms with Crippen molar-refractivity contribution in [1.29, 1.82) is 0 Å². The van der Waals surface area contributed by atoms with E-state index in [4.69, 9.17) is 9.47 Å². The van der Waals surface area contributed by atoms with Crippen LogP contribution in [0.4, 0.5) is 4.39 Å². The highest BCUT2D eigenvalue weighted by atomic mass is 19.1. The molecule has 0 radical (unpaired) electrons. The Balaban J connectivity index is 1.57. The molecule has 0 aliphatic carbocycles. The molecule has 1 amide bonds. The molecule has 2 heterocycles. The fourth-order valence-corrected chi connectivity index (χ4v) is 3.11. The van der Waals surface area contributed by atoms with Crippen LogP contribution >= 0.6 is 0 Å². The molecular formula is C23H19FN4O3. The highest BCUT2D eigenvalue weighted by molar-refractivity contribution is 5.96. The van der Waals surface area contributed by atoms with Gasteiger partial charge in [0.15, 0.2) is 0 Å². The SMILES string of the molecule is COc1ccc2c(Oc3cccc(C(=O)NCc4ccncc4F)c3C)ncnc2c1. The van der Waals surface area contributed by atoms with Gasteiger partial charge < -0.3 is 14.8 Å². The molecule has 31 heavy (non-hydrogen) atoms. The number of ether oxygens (including phenoxy) is 2. The zero-order valence-electron chi connectivity index (χ0n) is 16.9. The first-order chi connectivity index (χ1) is 15.1. The number of halogens is 1. The van der Waals surface area contributed by atoms with Crippen molar-refractivity contribution in [1.82, 2.24) is 20.3 Å². The van der Waals surface area contributed by atoms with Gasteiger partial charge in [-0.15, -0.1) is 0 Å². The van der Waals surface area contributed by atoms with Crippen molar-refractivity contribution in [2.45, 2.75) is 13.5 Å². The molecule has 0 aliphatic heterocycles. The summed E-state index contributed by atoms with van der Waals surface area (Å²) in [5.74, 6) is 0.726. The first-order valence-electron chi connectivity index (χ1n) is 9.49. The van der Waals surface area contributed by atoms with E-state index in [1.807, 2.05) is 6.07 Å². The summed E-state index contributed by atoms with van der Waals surface area (Å²) in [7, 11) is 1.59. The Morgan fingerprint density at radius 2 is 2.03 bits per heavy atom. The topological polar surface area (TPSA) is 86.2 Å².